The SMILES string of the molecule is CCOC(OC)C(=O)[O-].CCOC(OC)C(=O)[O-].CCOC(OC)C(=O)[O-].CCOC(OC)C(=O)[O-].[Zr+4]. The van der Waals surface area contributed by atoms with Crippen molar-refractivity contribution >= 4 is 23.9 Å². The molecule has 4 unspecified atom stereocenters. The molecule has 0 aromatic rings. The third-order valence-electron chi connectivity index (χ3n) is 2.90. The van der Waals surface area contributed by atoms with Gasteiger partial charge in [0, 0.05) is 54.9 Å². The summed E-state index contributed by atoms with van der Waals surface area (Å²) in [7, 11) is 4.98. The molecule has 0 saturated heterocycles. The van der Waals surface area contributed by atoms with Crippen LogP contribution in [0.15, 0.2) is 0 Å². The third-order valence-corrected chi connectivity index (χ3v) is 2.90. The average molecular weight is 624 g/mol. The van der Waals surface area contributed by atoms with Crippen LogP contribution in [0.5, 0.6) is 0 Å². The van der Waals surface area contributed by atoms with Gasteiger partial charge in [-0.15, -0.1) is 0 Å². The molecule has 0 rings (SSSR count). The molecule has 0 aliphatic carbocycles. The zero-order valence-corrected chi connectivity index (χ0v) is 24.6. The molecule has 0 aliphatic rings. The van der Waals surface area contributed by atoms with E-state index in [4.69, 9.17) is 0 Å². The molecule has 0 aromatic heterocycles. The van der Waals surface area contributed by atoms with E-state index in [1.54, 1.807) is 27.7 Å². The summed E-state index contributed by atoms with van der Waals surface area (Å²) >= 11 is 0. The van der Waals surface area contributed by atoms with Crippen LogP contribution in [0.25, 0.3) is 0 Å². The van der Waals surface area contributed by atoms with E-state index in [-0.39, 0.29) is 26.2 Å². The maximum Gasteiger partial charge on any atom is 4.00 e. The summed E-state index contributed by atoms with van der Waals surface area (Å²) in [6.07, 6.45) is -4.91. The predicted octanol–water partition coefficient (Wildman–Crippen LogP) is -5.02. The standard InChI is InChI=1S/4C5H10O4.Zr/c4*1-3-9-5(8-2)4(6)7;/h4*5H,3H2,1-2H3,(H,6,7);/q;;;;+4/p-4. The number of hydrogen-bond acceptors (Lipinski definition) is 16. The number of aliphatic carboxylic acids is 4. The Balaban J connectivity index is -0.000000122. The van der Waals surface area contributed by atoms with Gasteiger partial charge in [0.2, 0.25) is 0 Å². The van der Waals surface area contributed by atoms with Crippen molar-refractivity contribution in [3.8, 4) is 0 Å². The smallest absolute Gasteiger partial charge is 0.545 e. The van der Waals surface area contributed by atoms with Crippen molar-refractivity contribution in [3.63, 3.8) is 0 Å². The summed E-state index contributed by atoms with van der Waals surface area (Å²) in [5.74, 6) is -5.39. The van der Waals surface area contributed by atoms with E-state index in [1.165, 1.54) is 28.4 Å². The van der Waals surface area contributed by atoms with Gasteiger partial charge in [0.25, 0.3) is 0 Å². The van der Waals surface area contributed by atoms with Gasteiger partial charge < -0.3 is 77.5 Å². The fourth-order valence-electron chi connectivity index (χ4n) is 1.53. The van der Waals surface area contributed by atoms with E-state index < -0.39 is 49.0 Å². The maximum atomic E-state index is 9.96. The first-order valence-corrected chi connectivity index (χ1v) is 10.3. The van der Waals surface area contributed by atoms with Crippen molar-refractivity contribution < 1.29 is 104 Å². The van der Waals surface area contributed by atoms with Gasteiger partial charge in [0.05, 0.1) is 23.9 Å². The minimum Gasteiger partial charge on any atom is -0.545 e. The van der Waals surface area contributed by atoms with Crippen molar-refractivity contribution in [2.24, 2.45) is 0 Å². The van der Waals surface area contributed by atoms with E-state index in [1.807, 2.05) is 0 Å². The summed E-state index contributed by atoms with van der Waals surface area (Å²) in [4.78, 5) is 39.8. The number of carboxylic acid groups (broad SMARTS) is 4. The second-order valence-electron chi connectivity index (χ2n) is 5.37. The predicted molar refractivity (Wildman–Crippen MR) is 110 cm³/mol. The molecule has 0 N–H and O–H groups in total. The van der Waals surface area contributed by atoms with Crippen LogP contribution in [0.4, 0.5) is 0 Å². The van der Waals surface area contributed by atoms with Crippen LogP contribution in [0.1, 0.15) is 27.7 Å². The summed E-state index contributed by atoms with van der Waals surface area (Å²) in [5.41, 5.74) is 0. The number of carbonyl (C=O) groups is 4. The first-order chi connectivity index (χ1) is 16.9. The summed E-state index contributed by atoms with van der Waals surface area (Å²) in [5, 5.41) is 39.8. The molecule has 216 valence electrons. The molecule has 0 spiro atoms. The molecule has 4 atom stereocenters. The van der Waals surface area contributed by atoms with Crippen LogP contribution in [0.2, 0.25) is 0 Å². The Hall–Kier alpha value is -1.56. The zero-order chi connectivity index (χ0) is 29.1. The number of carbonyl (C=O) groups excluding carboxylic acids is 4. The first-order valence-electron chi connectivity index (χ1n) is 10.3. The van der Waals surface area contributed by atoms with Crippen molar-refractivity contribution in [1.82, 2.24) is 0 Å². The van der Waals surface area contributed by atoms with Crippen molar-refractivity contribution in [3.05, 3.63) is 0 Å². The molecule has 0 bridgehead atoms. The monoisotopic (exact) mass is 622 g/mol. The summed E-state index contributed by atoms with van der Waals surface area (Å²) in [6, 6.07) is 0. The molecule has 17 heteroatoms. The van der Waals surface area contributed by atoms with Crippen LogP contribution in [0, 0.1) is 0 Å². The molecular weight excluding hydrogens is 587 g/mol. The van der Waals surface area contributed by atoms with E-state index in [9.17, 15) is 39.6 Å². The van der Waals surface area contributed by atoms with Crippen LogP contribution in [0.3, 0.4) is 0 Å². The van der Waals surface area contributed by atoms with Crippen LogP contribution >= 0.6 is 0 Å². The molecule has 0 amide bonds. The van der Waals surface area contributed by atoms with Gasteiger partial charge in [-0.3, -0.25) is 0 Å². The van der Waals surface area contributed by atoms with E-state index in [0.29, 0.717) is 26.4 Å². The fraction of sp³-hybridized carbons (Fsp3) is 0.800. The largest absolute Gasteiger partial charge is 4.00 e. The van der Waals surface area contributed by atoms with Crippen LogP contribution < -0.4 is 20.4 Å². The Morgan fingerprint density at radius 1 is 0.459 bits per heavy atom. The van der Waals surface area contributed by atoms with Crippen LogP contribution in [-0.4, -0.2) is 104 Å². The number of methoxy groups -OCH3 is 4. The van der Waals surface area contributed by atoms with Crippen molar-refractivity contribution in [2.75, 3.05) is 54.9 Å². The van der Waals surface area contributed by atoms with Gasteiger partial charge in [-0.05, 0) is 27.7 Å². The Labute approximate surface area is 235 Å². The quantitative estimate of drug-likeness (QED) is 0.146. The minimum atomic E-state index is -1.35. The normalized spacial score (nSPS) is 12.8. The molecule has 16 nitrogen and oxygen atoms in total. The van der Waals surface area contributed by atoms with Gasteiger partial charge >= 0.3 is 26.2 Å². The van der Waals surface area contributed by atoms with E-state index >= 15 is 0 Å². The topological polar surface area (TPSA) is 234 Å². The van der Waals surface area contributed by atoms with Gasteiger partial charge in [-0.1, -0.05) is 0 Å². The molecule has 0 fully saturated rings. The van der Waals surface area contributed by atoms with Gasteiger partial charge in [0.15, 0.2) is 25.2 Å². The molecular formula is C20H36O16Zr. The molecule has 0 radical (unpaired) electrons. The first kappa shape index (κ1) is 45.4. The molecule has 0 aliphatic heterocycles. The second kappa shape index (κ2) is 32.5. The van der Waals surface area contributed by atoms with Gasteiger partial charge in [0.1, 0.15) is 0 Å². The molecule has 0 saturated carbocycles. The number of carboxylic acids is 4. The molecule has 37 heavy (non-hydrogen) atoms. The third kappa shape index (κ3) is 30.6. The Bertz CT molecular complexity index is 466. The van der Waals surface area contributed by atoms with Crippen molar-refractivity contribution in [2.45, 2.75) is 52.9 Å². The van der Waals surface area contributed by atoms with E-state index in [2.05, 4.69) is 37.9 Å². The number of ether oxygens (including phenoxy) is 8. The second-order valence-corrected chi connectivity index (χ2v) is 5.37. The Kier molecular flexibility index (Phi) is 39.8. The van der Waals surface area contributed by atoms with Gasteiger partial charge in [-0.25, -0.2) is 0 Å². The summed E-state index contributed by atoms with van der Waals surface area (Å²) < 4.78 is 35.7. The zero-order valence-electron chi connectivity index (χ0n) is 22.2. The minimum absolute atomic E-state index is 0. The summed E-state index contributed by atoms with van der Waals surface area (Å²) in [6.45, 7) is 7.89. The number of hydrogen-bond donors (Lipinski definition) is 0. The van der Waals surface area contributed by atoms with Crippen LogP contribution in [-0.2, 0) is 83.3 Å². The average Bonchev–Trinajstić information content (AvgIpc) is 2.83. The molecule has 0 aromatic carbocycles. The van der Waals surface area contributed by atoms with E-state index in [0.717, 1.165) is 0 Å². The van der Waals surface area contributed by atoms with Crippen molar-refractivity contribution in [1.29, 1.82) is 0 Å². The molecule has 0 heterocycles. The fourth-order valence-corrected chi connectivity index (χ4v) is 1.53. The Morgan fingerprint density at radius 2 is 0.595 bits per heavy atom. The number of rotatable bonds is 16. The van der Waals surface area contributed by atoms with Gasteiger partial charge in [-0.2, -0.15) is 0 Å². The Morgan fingerprint density at radius 3 is 0.622 bits per heavy atom. The maximum absolute atomic E-state index is 9.96.